The number of aliphatic hydroxyl groups excluding tert-OH is 7. The van der Waals surface area contributed by atoms with Crippen molar-refractivity contribution >= 4 is 0 Å². The molecule has 0 aromatic heterocycles. The highest BCUT2D eigenvalue weighted by Crippen LogP contribution is 2.36. The number of rotatable bonds is 8. The van der Waals surface area contributed by atoms with E-state index in [-0.39, 0.29) is 12.7 Å². The van der Waals surface area contributed by atoms with Crippen LogP contribution in [0.1, 0.15) is 0 Å². The predicted molar refractivity (Wildman–Crippen MR) is 82.1 cm³/mol. The maximum atomic E-state index is 10.4. The zero-order valence-corrected chi connectivity index (χ0v) is 14.4. The molecule has 0 aromatic rings. The smallest absolute Gasteiger partial charge is 0.224 e. The lowest BCUT2D eigenvalue weighted by Crippen LogP contribution is -2.62. The SMILES string of the molecule is OC[C@H]1O[C@@](COCC2CO2)(O[C@H]2O[C@H](CO)[C@@H](O)[C@H](O)[C@H]2O)[C@@H](O)[C@@H]1O. The van der Waals surface area contributed by atoms with E-state index >= 15 is 0 Å². The van der Waals surface area contributed by atoms with Gasteiger partial charge in [0.1, 0.15) is 55.4 Å². The van der Waals surface area contributed by atoms with Crippen LogP contribution in [0, 0.1) is 0 Å². The van der Waals surface area contributed by atoms with Crippen molar-refractivity contribution in [2.45, 2.75) is 60.9 Å². The average molecular weight is 398 g/mol. The fourth-order valence-electron chi connectivity index (χ4n) is 3.11. The molecule has 0 aliphatic carbocycles. The first-order valence-corrected chi connectivity index (χ1v) is 8.65. The topological polar surface area (TPSA) is 191 Å². The van der Waals surface area contributed by atoms with Gasteiger partial charge in [-0.2, -0.15) is 0 Å². The van der Waals surface area contributed by atoms with Crippen molar-refractivity contribution in [1.29, 1.82) is 0 Å². The molecule has 158 valence electrons. The fourth-order valence-corrected chi connectivity index (χ4v) is 3.11. The first kappa shape index (κ1) is 21.2. The van der Waals surface area contributed by atoms with E-state index in [0.29, 0.717) is 6.61 Å². The molecule has 12 nitrogen and oxygen atoms in total. The second-order valence-corrected chi connectivity index (χ2v) is 6.87. The summed E-state index contributed by atoms with van der Waals surface area (Å²) in [5.41, 5.74) is 0. The molecule has 3 saturated heterocycles. The third-order valence-corrected chi connectivity index (χ3v) is 4.86. The Labute approximate surface area is 154 Å². The molecule has 3 rings (SSSR count). The Morgan fingerprint density at radius 3 is 2.11 bits per heavy atom. The summed E-state index contributed by atoms with van der Waals surface area (Å²) in [6, 6.07) is 0. The zero-order valence-electron chi connectivity index (χ0n) is 14.4. The highest BCUT2D eigenvalue weighted by atomic mass is 16.8. The van der Waals surface area contributed by atoms with E-state index in [1.165, 1.54) is 0 Å². The van der Waals surface area contributed by atoms with Gasteiger partial charge in [-0.05, 0) is 0 Å². The summed E-state index contributed by atoms with van der Waals surface area (Å²) in [5, 5.41) is 69.0. The molecule has 0 radical (unpaired) electrons. The largest absolute Gasteiger partial charge is 0.394 e. The summed E-state index contributed by atoms with van der Waals surface area (Å²) in [4.78, 5) is 0. The number of ether oxygens (including phenoxy) is 5. The van der Waals surface area contributed by atoms with Gasteiger partial charge in [-0.15, -0.1) is 0 Å². The highest BCUT2D eigenvalue weighted by molar-refractivity contribution is 4.99. The van der Waals surface area contributed by atoms with Crippen LogP contribution in [0.25, 0.3) is 0 Å². The Morgan fingerprint density at radius 2 is 1.56 bits per heavy atom. The summed E-state index contributed by atoms with van der Waals surface area (Å²) in [5.74, 6) is -2.03. The molecule has 3 aliphatic rings. The summed E-state index contributed by atoms with van der Waals surface area (Å²) in [6.07, 6.45) is -12.4. The molecule has 27 heavy (non-hydrogen) atoms. The molecule has 7 N–H and O–H groups in total. The third-order valence-electron chi connectivity index (χ3n) is 4.86. The second-order valence-electron chi connectivity index (χ2n) is 6.87. The Hall–Kier alpha value is -0.480. The van der Waals surface area contributed by atoms with Crippen molar-refractivity contribution in [2.24, 2.45) is 0 Å². The third kappa shape index (κ3) is 4.27. The van der Waals surface area contributed by atoms with E-state index in [2.05, 4.69) is 0 Å². The molecular formula is C15H26O12. The number of hydrogen-bond donors (Lipinski definition) is 7. The molecule has 1 unspecified atom stereocenters. The van der Waals surface area contributed by atoms with Crippen LogP contribution < -0.4 is 0 Å². The van der Waals surface area contributed by atoms with Gasteiger partial charge in [-0.25, -0.2) is 0 Å². The van der Waals surface area contributed by atoms with Crippen LogP contribution in [0.15, 0.2) is 0 Å². The number of epoxide rings is 1. The molecule has 0 bridgehead atoms. The van der Waals surface area contributed by atoms with Crippen molar-refractivity contribution in [3.63, 3.8) is 0 Å². The standard InChI is InChI=1S/C15H26O12/c16-1-7-9(18)11(20)12(21)14(25-7)27-15(5-23-3-6-4-24-6)13(22)10(19)8(2-17)26-15/h6-14,16-22H,1-5H2/t6?,7-,8-,9-,10-,11+,12-,13+,14-,15+/m1/s1. The van der Waals surface area contributed by atoms with Crippen LogP contribution in [0.5, 0.6) is 0 Å². The molecule has 0 aromatic carbocycles. The highest BCUT2D eigenvalue weighted by Gasteiger charge is 2.58. The maximum absolute atomic E-state index is 10.4. The van der Waals surface area contributed by atoms with Crippen LogP contribution in [-0.4, -0.2) is 130 Å². The normalized spacial score (nSPS) is 50.1. The Balaban J connectivity index is 1.75. The summed E-state index contributed by atoms with van der Waals surface area (Å²) < 4.78 is 26.7. The Bertz CT molecular complexity index is 487. The van der Waals surface area contributed by atoms with Crippen molar-refractivity contribution in [3.8, 4) is 0 Å². The van der Waals surface area contributed by atoms with Crippen LogP contribution in [0.4, 0.5) is 0 Å². The van der Waals surface area contributed by atoms with Crippen LogP contribution in [0.3, 0.4) is 0 Å². The molecule has 3 aliphatic heterocycles. The van der Waals surface area contributed by atoms with Crippen LogP contribution in [0.2, 0.25) is 0 Å². The quantitative estimate of drug-likeness (QED) is 0.193. The molecular weight excluding hydrogens is 372 g/mol. The lowest BCUT2D eigenvalue weighted by molar-refractivity contribution is -0.385. The lowest BCUT2D eigenvalue weighted by atomic mass is 9.99. The first-order chi connectivity index (χ1) is 12.8. The minimum Gasteiger partial charge on any atom is -0.394 e. The molecule has 0 saturated carbocycles. The van der Waals surface area contributed by atoms with Gasteiger partial charge < -0.3 is 59.4 Å². The van der Waals surface area contributed by atoms with E-state index in [4.69, 9.17) is 23.7 Å². The van der Waals surface area contributed by atoms with Gasteiger partial charge in [0.25, 0.3) is 0 Å². The predicted octanol–water partition coefficient (Wildman–Crippen LogP) is -4.97. The number of aliphatic hydroxyl groups is 7. The molecule has 0 amide bonds. The van der Waals surface area contributed by atoms with Crippen LogP contribution >= 0.6 is 0 Å². The number of hydrogen-bond acceptors (Lipinski definition) is 12. The molecule has 3 heterocycles. The van der Waals surface area contributed by atoms with Gasteiger partial charge in [-0.1, -0.05) is 0 Å². The van der Waals surface area contributed by atoms with Gasteiger partial charge in [0, 0.05) is 0 Å². The van der Waals surface area contributed by atoms with Crippen LogP contribution in [-0.2, 0) is 23.7 Å². The van der Waals surface area contributed by atoms with Crippen molar-refractivity contribution in [3.05, 3.63) is 0 Å². The van der Waals surface area contributed by atoms with Crippen molar-refractivity contribution < 1.29 is 59.4 Å². The first-order valence-electron chi connectivity index (χ1n) is 8.65. The van der Waals surface area contributed by atoms with Crippen molar-refractivity contribution in [2.75, 3.05) is 33.0 Å². The van der Waals surface area contributed by atoms with Gasteiger partial charge in [0.15, 0.2) is 6.29 Å². The molecule has 10 atom stereocenters. The molecule has 12 heteroatoms. The Morgan fingerprint density at radius 1 is 0.889 bits per heavy atom. The van der Waals surface area contributed by atoms with E-state index in [1.807, 2.05) is 0 Å². The fraction of sp³-hybridized carbons (Fsp3) is 1.00. The average Bonchev–Trinajstić information content (AvgIpc) is 3.45. The van der Waals surface area contributed by atoms with E-state index < -0.39 is 74.6 Å². The van der Waals surface area contributed by atoms with E-state index in [0.717, 1.165) is 0 Å². The zero-order chi connectivity index (χ0) is 19.8. The van der Waals surface area contributed by atoms with Gasteiger partial charge in [0.05, 0.1) is 26.4 Å². The maximum Gasteiger partial charge on any atom is 0.224 e. The summed E-state index contributed by atoms with van der Waals surface area (Å²) >= 11 is 0. The lowest BCUT2D eigenvalue weighted by Gasteiger charge is -2.43. The van der Waals surface area contributed by atoms with E-state index in [9.17, 15) is 35.7 Å². The monoisotopic (exact) mass is 398 g/mol. The molecule has 0 spiro atoms. The minimum absolute atomic E-state index is 0.105. The molecule has 3 fully saturated rings. The summed E-state index contributed by atoms with van der Waals surface area (Å²) in [7, 11) is 0. The van der Waals surface area contributed by atoms with Gasteiger partial charge >= 0.3 is 0 Å². The van der Waals surface area contributed by atoms with Gasteiger partial charge in [-0.3, -0.25) is 0 Å². The second kappa shape index (κ2) is 8.49. The Kier molecular flexibility index (Phi) is 6.67. The minimum atomic E-state index is -2.03. The summed E-state index contributed by atoms with van der Waals surface area (Å²) in [6.45, 7) is -1.01. The van der Waals surface area contributed by atoms with E-state index in [1.54, 1.807) is 0 Å². The van der Waals surface area contributed by atoms with Crippen molar-refractivity contribution in [1.82, 2.24) is 0 Å². The van der Waals surface area contributed by atoms with Gasteiger partial charge in [0.2, 0.25) is 5.79 Å².